The molecule has 1 aromatic carbocycles. The average Bonchev–Trinajstić information content (AvgIpc) is 2.98. The van der Waals surface area contributed by atoms with E-state index in [-0.39, 0.29) is 18.5 Å². The number of hydrogen-bond donors (Lipinski definition) is 3. The van der Waals surface area contributed by atoms with Gasteiger partial charge in [0, 0.05) is 18.3 Å². The summed E-state index contributed by atoms with van der Waals surface area (Å²) >= 11 is 0. The molecule has 0 aliphatic carbocycles. The summed E-state index contributed by atoms with van der Waals surface area (Å²) in [6.45, 7) is 4.52. The number of rotatable bonds is 7. The maximum absolute atomic E-state index is 13.2. The van der Waals surface area contributed by atoms with Crippen molar-refractivity contribution >= 4 is 11.7 Å². The number of carbonyl (C=O) groups is 1. The zero-order chi connectivity index (χ0) is 16.7. The van der Waals surface area contributed by atoms with Gasteiger partial charge in [-0.3, -0.25) is 4.90 Å². The molecule has 0 aromatic heterocycles. The molecule has 5 nitrogen and oxygen atoms in total. The zero-order valence-electron chi connectivity index (χ0n) is 13.6. The van der Waals surface area contributed by atoms with Crippen molar-refractivity contribution in [2.45, 2.75) is 38.6 Å². The van der Waals surface area contributed by atoms with Crippen molar-refractivity contribution in [2.24, 2.45) is 0 Å². The van der Waals surface area contributed by atoms with Gasteiger partial charge in [-0.05, 0) is 69.5 Å². The van der Waals surface area contributed by atoms with E-state index in [0.29, 0.717) is 23.8 Å². The van der Waals surface area contributed by atoms with Gasteiger partial charge < -0.3 is 15.7 Å². The predicted molar refractivity (Wildman–Crippen MR) is 89.1 cm³/mol. The van der Waals surface area contributed by atoms with Crippen LogP contribution in [0.5, 0.6) is 0 Å². The largest absolute Gasteiger partial charge is 0.395 e. The van der Waals surface area contributed by atoms with Crippen LogP contribution in [0.4, 0.5) is 14.9 Å². The summed E-state index contributed by atoms with van der Waals surface area (Å²) in [6.07, 6.45) is 4.12. The molecule has 2 rings (SSSR count). The van der Waals surface area contributed by atoms with E-state index in [9.17, 15) is 14.3 Å². The fourth-order valence-electron chi connectivity index (χ4n) is 2.94. The predicted octanol–water partition coefficient (Wildman–Crippen LogP) is 2.49. The van der Waals surface area contributed by atoms with Gasteiger partial charge in [-0.2, -0.15) is 0 Å². The Labute approximate surface area is 136 Å². The van der Waals surface area contributed by atoms with Gasteiger partial charge in [0.15, 0.2) is 0 Å². The van der Waals surface area contributed by atoms with Crippen molar-refractivity contribution < 1.29 is 14.3 Å². The number of anilines is 1. The smallest absolute Gasteiger partial charge is 0.319 e. The molecule has 1 heterocycles. The number of halogens is 1. The third kappa shape index (κ3) is 5.48. The van der Waals surface area contributed by atoms with Crippen molar-refractivity contribution in [3.8, 4) is 0 Å². The van der Waals surface area contributed by atoms with Crippen LogP contribution in [0.15, 0.2) is 18.2 Å². The molecule has 23 heavy (non-hydrogen) atoms. The van der Waals surface area contributed by atoms with Crippen LogP contribution in [-0.2, 0) is 0 Å². The Balaban J connectivity index is 1.60. The number of hydrogen-bond acceptors (Lipinski definition) is 3. The summed E-state index contributed by atoms with van der Waals surface area (Å²) in [5.41, 5.74) is 1.09. The first kappa shape index (κ1) is 17.7. The maximum Gasteiger partial charge on any atom is 0.319 e. The number of aliphatic hydroxyl groups excluding tert-OH is 1. The second-order valence-electron chi connectivity index (χ2n) is 6.07. The summed E-state index contributed by atoms with van der Waals surface area (Å²) in [5.74, 6) is -0.279. The molecule has 1 aliphatic rings. The van der Waals surface area contributed by atoms with Crippen LogP contribution >= 0.6 is 0 Å². The van der Waals surface area contributed by atoms with E-state index in [1.54, 1.807) is 19.1 Å². The minimum absolute atomic E-state index is 0.234. The summed E-state index contributed by atoms with van der Waals surface area (Å²) in [4.78, 5) is 14.1. The van der Waals surface area contributed by atoms with E-state index in [4.69, 9.17) is 0 Å². The Bertz CT molecular complexity index is 525. The number of nitrogens with zero attached hydrogens (tertiary/aromatic N) is 1. The number of urea groups is 1. The molecule has 0 bridgehead atoms. The highest BCUT2D eigenvalue weighted by Gasteiger charge is 2.22. The summed E-state index contributed by atoms with van der Waals surface area (Å²) in [6, 6.07) is 4.54. The standard InChI is InChI=1S/C17H26FN3O2/c1-13-11-14(6-7-16(13)18)20-17(23)19-8-2-3-9-21-10-4-5-15(21)12-22/h6-7,11,15,22H,2-5,8-10,12H2,1H3,(H2,19,20,23). The number of nitrogens with one attached hydrogen (secondary N) is 2. The Kier molecular flexibility index (Phi) is 6.80. The van der Waals surface area contributed by atoms with Crippen LogP contribution < -0.4 is 10.6 Å². The zero-order valence-corrected chi connectivity index (χ0v) is 13.6. The van der Waals surface area contributed by atoms with Crippen LogP contribution in [-0.4, -0.2) is 48.3 Å². The molecule has 128 valence electrons. The molecule has 0 radical (unpaired) electrons. The van der Waals surface area contributed by atoms with E-state index in [2.05, 4.69) is 15.5 Å². The normalized spacial score (nSPS) is 18.1. The lowest BCUT2D eigenvalue weighted by molar-refractivity contribution is 0.157. The molecule has 0 saturated carbocycles. The van der Waals surface area contributed by atoms with Gasteiger partial charge in [-0.1, -0.05) is 0 Å². The van der Waals surface area contributed by atoms with Crippen molar-refractivity contribution in [2.75, 3.05) is 31.6 Å². The van der Waals surface area contributed by atoms with Gasteiger partial charge in [0.1, 0.15) is 5.82 Å². The molecule has 1 aliphatic heterocycles. The quantitative estimate of drug-likeness (QED) is 0.676. The molecule has 0 spiro atoms. The van der Waals surface area contributed by atoms with Gasteiger partial charge in [-0.25, -0.2) is 9.18 Å². The first-order valence-electron chi connectivity index (χ1n) is 8.26. The molecular formula is C17H26FN3O2. The lowest BCUT2D eigenvalue weighted by Crippen LogP contribution is -2.34. The topological polar surface area (TPSA) is 64.6 Å². The molecule has 1 fully saturated rings. The van der Waals surface area contributed by atoms with Gasteiger partial charge in [0.05, 0.1) is 6.61 Å². The molecule has 1 aromatic rings. The van der Waals surface area contributed by atoms with Gasteiger partial charge >= 0.3 is 6.03 Å². The third-order valence-electron chi connectivity index (χ3n) is 4.28. The van der Waals surface area contributed by atoms with E-state index in [0.717, 1.165) is 38.8 Å². The molecule has 2 amide bonds. The van der Waals surface area contributed by atoms with E-state index < -0.39 is 0 Å². The van der Waals surface area contributed by atoms with Gasteiger partial charge in [0.25, 0.3) is 0 Å². The average molecular weight is 323 g/mol. The lowest BCUT2D eigenvalue weighted by Gasteiger charge is -2.22. The molecular weight excluding hydrogens is 297 g/mol. The number of aryl methyl sites for hydroxylation is 1. The molecule has 3 N–H and O–H groups in total. The van der Waals surface area contributed by atoms with Crippen molar-refractivity contribution in [3.63, 3.8) is 0 Å². The number of benzene rings is 1. The van der Waals surface area contributed by atoms with Crippen LogP contribution in [0.2, 0.25) is 0 Å². The summed E-state index contributed by atoms with van der Waals surface area (Å²) in [7, 11) is 0. The highest BCUT2D eigenvalue weighted by Crippen LogP contribution is 2.17. The first-order chi connectivity index (χ1) is 11.1. The van der Waals surface area contributed by atoms with Crippen molar-refractivity contribution in [3.05, 3.63) is 29.6 Å². The van der Waals surface area contributed by atoms with Crippen LogP contribution in [0.3, 0.4) is 0 Å². The fourth-order valence-corrected chi connectivity index (χ4v) is 2.94. The van der Waals surface area contributed by atoms with Gasteiger partial charge in [0.2, 0.25) is 0 Å². The van der Waals surface area contributed by atoms with E-state index in [1.807, 2.05) is 0 Å². The highest BCUT2D eigenvalue weighted by atomic mass is 19.1. The van der Waals surface area contributed by atoms with Crippen LogP contribution in [0.1, 0.15) is 31.2 Å². The number of aliphatic hydroxyl groups is 1. The minimum atomic E-state index is -0.279. The SMILES string of the molecule is Cc1cc(NC(=O)NCCCCN2CCCC2CO)ccc1F. The Hall–Kier alpha value is -1.66. The van der Waals surface area contributed by atoms with Crippen molar-refractivity contribution in [1.82, 2.24) is 10.2 Å². The molecule has 1 atom stereocenters. The first-order valence-corrected chi connectivity index (χ1v) is 8.26. The maximum atomic E-state index is 13.2. The molecule has 1 unspecified atom stereocenters. The highest BCUT2D eigenvalue weighted by molar-refractivity contribution is 5.89. The fraction of sp³-hybridized carbons (Fsp3) is 0.588. The number of unbranched alkanes of at least 4 members (excludes halogenated alkanes) is 1. The number of carbonyl (C=O) groups excluding carboxylic acids is 1. The Morgan fingerprint density at radius 3 is 3.00 bits per heavy atom. The summed E-state index contributed by atoms with van der Waals surface area (Å²) < 4.78 is 13.2. The third-order valence-corrected chi connectivity index (χ3v) is 4.28. The minimum Gasteiger partial charge on any atom is -0.395 e. The Morgan fingerprint density at radius 1 is 1.43 bits per heavy atom. The van der Waals surface area contributed by atoms with E-state index in [1.165, 1.54) is 6.07 Å². The number of amides is 2. The van der Waals surface area contributed by atoms with Crippen LogP contribution in [0, 0.1) is 12.7 Å². The second kappa shape index (κ2) is 8.84. The lowest BCUT2D eigenvalue weighted by atomic mass is 10.2. The summed E-state index contributed by atoms with van der Waals surface area (Å²) in [5, 5.41) is 14.8. The van der Waals surface area contributed by atoms with Gasteiger partial charge in [-0.15, -0.1) is 0 Å². The second-order valence-corrected chi connectivity index (χ2v) is 6.07. The Morgan fingerprint density at radius 2 is 2.26 bits per heavy atom. The van der Waals surface area contributed by atoms with Crippen LogP contribution in [0.25, 0.3) is 0 Å². The molecule has 1 saturated heterocycles. The van der Waals surface area contributed by atoms with E-state index >= 15 is 0 Å². The number of likely N-dealkylation sites (tertiary alicyclic amines) is 1. The monoisotopic (exact) mass is 323 g/mol. The molecule has 6 heteroatoms. The van der Waals surface area contributed by atoms with Crippen molar-refractivity contribution in [1.29, 1.82) is 0 Å².